The maximum absolute atomic E-state index is 13.3. The van der Waals surface area contributed by atoms with E-state index in [0.717, 1.165) is 25.7 Å². The fourth-order valence-electron chi connectivity index (χ4n) is 5.07. The predicted octanol–water partition coefficient (Wildman–Crippen LogP) is 4.62. The number of para-hydroxylation sites is 1. The summed E-state index contributed by atoms with van der Waals surface area (Å²) < 4.78 is 19.0. The highest BCUT2D eigenvalue weighted by Crippen LogP contribution is 2.45. The molecular weight excluding hydrogens is 461 g/mol. The van der Waals surface area contributed by atoms with Gasteiger partial charge in [-0.3, -0.25) is 9.59 Å². The lowest BCUT2D eigenvalue weighted by molar-refractivity contribution is 0.0897. The fraction of sp³-hybridized carbons (Fsp3) is 0.321. The van der Waals surface area contributed by atoms with Crippen molar-refractivity contribution in [2.45, 2.75) is 50.7 Å². The number of ether oxygens (including phenoxy) is 1. The molecule has 1 aromatic heterocycles. The zero-order valence-corrected chi connectivity index (χ0v) is 19.9. The molecule has 1 aliphatic carbocycles. The molecular formula is C28H28FN3O4. The first-order valence-electron chi connectivity index (χ1n) is 12.1. The Hall–Kier alpha value is -3.78. The van der Waals surface area contributed by atoms with E-state index in [-0.39, 0.29) is 58.2 Å². The van der Waals surface area contributed by atoms with Crippen molar-refractivity contribution in [2.75, 3.05) is 0 Å². The highest BCUT2D eigenvalue weighted by molar-refractivity contribution is 6.04. The molecule has 36 heavy (non-hydrogen) atoms. The number of carbonyl (C=O) groups is 2. The van der Waals surface area contributed by atoms with Crippen molar-refractivity contribution in [1.82, 2.24) is 15.6 Å². The smallest absolute Gasteiger partial charge is 0.255 e. The molecule has 2 aromatic carbocycles. The van der Waals surface area contributed by atoms with Crippen molar-refractivity contribution >= 4 is 11.7 Å². The molecule has 2 unspecified atom stereocenters. The maximum Gasteiger partial charge on any atom is 0.255 e. The molecule has 1 aliphatic heterocycles. The lowest BCUT2D eigenvalue weighted by atomic mass is 9.70. The minimum Gasteiger partial charge on any atom is -0.507 e. The average molecular weight is 490 g/mol. The summed E-state index contributed by atoms with van der Waals surface area (Å²) in [6.45, 7) is 2.18. The van der Waals surface area contributed by atoms with Crippen molar-refractivity contribution in [3.63, 3.8) is 0 Å². The quantitative estimate of drug-likeness (QED) is 0.330. The lowest BCUT2D eigenvalue weighted by Gasteiger charge is -2.37. The number of amides is 1. The average Bonchev–Trinajstić information content (AvgIpc) is 3.69. The van der Waals surface area contributed by atoms with Crippen LogP contribution in [0.4, 0.5) is 4.39 Å². The highest BCUT2D eigenvalue weighted by atomic mass is 19.1. The standard InChI is InChI=1S/C28H28FN3O4/c1-28(14-12-18(13-15-28)31-26(35)20-5-2-3-7-22(20)33)25-23(32-25)24(34)21-6-4-16-30-27(21)36-19-10-8-17(29)9-11-19/h2-11,16,18,23,25,32-33H,12-15H2,1H3,(H,31,35). The second-order valence-electron chi connectivity index (χ2n) is 9.82. The van der Waals surface area contributed by atoms with Gasteiger partial charge in [-0.2, -0.15) is 0 Å². The third kappa shape index (κ3) is 4.95. The van der Waals surface area contributed by atoms with Gasteiger partial charge >= 0.3 is 0 Å². The van der Waals surface area contributed by atoms with Crippen molar-refractivity contribution in [2.24, 2.45) is 5.41 Å². The SMILES string of the molecule is CC1(C2NC2C(=O)c2cccnc2Oc2ccc(F)cc2)CCC(NC(=O)c2ccccc2O)CC1. The number of rotatable bonds is 7. The zero-order valence-electron chi connectivity index (χ0n) is 19.9. The minimum absolute atomic E-state index is 0.0205. The normalized spacial score (nSPS) is 25.1. The molecule has 3 N–H and O–H groups in total. The Labute approximate surface area is 208 Å². The van der Waals surface area contributed by atoms with Crippen LogP contribution in [0.3, 0.4) is 0 Å². The molecule has 1 amide bonds. The fourth-order valence-corrected chi connectivity index (χ4v) is 5.07. The number of nitrogens with one attached hydrogen (secondary N) is 2. The van der Waals surface area contributed by atoms with Crippen LogP contribution in [0.2, 0.25) is 0 Å². The Morgan fingerprint density at radius 1 is 1.06 bits per heavy atom. The number of aromatic nitrogens is 1. The molecule has 1 saturated carbocycles. The van der Waals surface area contributed by atoms with E-state index in [9.17, 15) is 19.1 Å². The second kappa shape index (κ2) is 9.70. The minimum atomic E-state index is -0.370. The van der Waals surface area contributed by atoms with Gasteiger partial charge in [-0.1, -0.05) is 19.1 Å². The number of aromatic hydroxyl groups is 1. The van der Waals surface area contributed by atoms with Gasteiger partial charge in [0.15, 0.2) is 5.78 Å². The van der Waals surface area contributed by atoms with Gasteiger partial charge in [0.25, 0.3) is 5.91 Å². The number of phenolic OH excluding ortho intramolecular Hbond substituents is 1. The Balaban J connectivity index is 1.20. The van der Waals surface area contributed by atoms with Gasteiger partial charge < -0.3 is 20.5 Å². The van der Waals surface area contributed by atoms with Crippen LogP contribution in [0, 0.1) is 11.2 Å². The Morgan fingerprint density at radius 2 is 1.75 bits per heavy atom. The molecule has 1 saturated heterocycles. The van der Waals surface area contributed by atoms with Crippen molar-refractivity contribution < 1.29 is 23.8 Å². The maximum atomic E-state index is 13.3. The Bertz CT molecular complexity index is 1270. The number of hydrogen-bond acceptors (Lipinski definition) is 6. The molecule has 5 rings (SSSR count). The summed E-state index contributed by atoms with van der Waals surface area (Å²) in [5.74, 6) is -0.156. The van der Waals surface area contributed by atoms with Crippen molar-refractivity contribution in [1.29, 1.82) is 0 Å². The number of nitrogens with zero attached hydrogens (tertiary/aromatic N) is 1. The van der Waals surface area contributed by atoms with E-state index in [2.05, 4.69) is 22.5 Å². The number of hydrogen-bond donors (Lipinski definition) is 3. The van der Waals surface area contributed by atoms with Crippen LogP contribution < -0.4 is 15.4 Å². The van der Waals surface area contributed by atoms with Crippen molar-refractivity contribution in [3.05, 3.63) is 83.8 Å². The van der Waals surface area contributed by atoms with Gasteiger partial charge in [0.1, 0.15) is 17.3 Å². The van der Waals surface area contributed by atoms with Crippen molar-refractivity contribution in [3.8, 4) is 17.4 Å². The van der Waals surface area contributed by atoms with E-state index in [0.29, 0.717) is 11.3 Å². The largest absolute Gasteiger partial charge is 0.507 e. The molecule has 2 fully saturated rings. The van der Waals surface area contributed by atoms with Crippen LogP contribution in [0.15, 0.2) is 66.9 Å². The number of carbonyl (C=O) groups excluding carboxylic acids is 2. The van der Waals surface area contributed by atoms with E-state index in [1.165, 1.54) is 30.3 Å². The summed E-state index contributed by atoms with van der Waals surface area (Å²) in [7, 11) is 0. The van der Waals surface area contributed by atoms with Crippen LogP contribution in [0.25, 0.3) is 0 Å². The first-order chi connectivity index (χ1) is 17.3. The molecule has 7 nitrogen and oxygen atoms in total. The van der Waals surface area contributed by atoms with Crippen LogP contribution in [0.5, 0.6) is 17.4 Å². The summed E-state index contributed by atoms with van der Waals surface area (Å²) in [5.41, 5.74) is 0.570. The van der Waals surface area contributed by atoms with Crippen LogP contribution >= 0.6 is 0 Å². The van der Waals surface area contributed by atoms with E-state index >= 15 is 0 Å². The van der Waals surface area contributed by atoms with Crippen LogP contribution in [-0.4, -0.2) is 39.9 Å². The van der Waals surface area contributed by atoms with E-state index < -0.39 is 0 Å². The van der Waals surface area contributed by atoms with Gasteiger partial charge in [0, 0.05) is 18.3 Å². The first kappa shape index (κ1) is 23.9. The number of halogens is 1. The molecule has 8 heteroatoms. The summed E-state index contributed by atoms with van der Waals surface area (Å²) >= 11 is 0. The second-order valence-corrected chi connectivity index (χ2v) is 9.82. The van der Waals surface area contributed by atoms with E-state index in [1.54, 1.807) is 36.5 Å². The van der Waals surface area contributed by atoms with E-state index in [4.69, 9.17) is 4.74 Å². The molecule has 2 heterocycles. The Morgan fingerprint density at radius 3 is 2.47 bits per heavy atom. The zero-order chi connectivity index (χ0) is 25.3. The topological polar surface area (TPSA) is 110 Å². The Kier molecular flexibility index (Phi) is 6.45. The summed E-state index contributed by atoms with van der Waals surface area (Å²) in [6.07, 6.45) is 4.85. The number of Topliss-reactive ketones (excluding diaryl/α,β-unsaturated/α-hetero) is 1. The molecule has 0 spiro atoms. The third-order valence-electron chi connectivity index (χ3n) is 7.29. The number of phenols is 1. The van der Waals surface area contributed by atoms with Gasteiger partial charge in [-0.25, -0.2) is 9.37 Å². The van der Waals surface area contributed by atoms with E-state index in [1.807, 2.05) is 0 Å². The lowest BCUT2D eigenvalue weighted by Crippen LogP contribution is -2.42. The number of pyridine rings is 1. The molecule has 2 aliphatic rings. The summed E-state index contributed by atoms with van der Waals surface area (Å²) in [6, 6.07) is 15.2. The predicted molar refractivity (Wildman–Crippen MR) is 132 cm³/mol. The summed E-state index contributed by atoms with van der Waals surface area (Å²) in [5, 5.41) is 16.3. The van der Waals surface area contributed by atoms with Gasteiger partial charge in [0.05, 0.1) is 17.2 Å². The number of benzene rings is 2. The van der Waals surface area contributed by atoms with Gasteiger partial charge in [-0.15, -0.1) is 0 Å². The van der Waals surface area contributed by atoms with Crippen LogP contribution in [0.1, 0.15) is 53.3 Å². The summed E-state index contributed by atoms with van der Waals surface area (Å²) in [4.78, 5) is 30.1. The first-order valence-corrected chi connectivity index (χ1v) is 12.1. The monoisotopic (exact) mass is 489 g/mol. The molecule has 186 valence electrons. The molecule has 3 aromatic rings. The highest BCUT2D eigenvalue weighted by Gasteiger charge is 2.54. The van der Waals surface area contributed by atoms with Crippen LogP contribution in [-0.2, 0) is 0 Å². The third-order valence-corrected chi connectivity index (χ3v) is 7.29. The molecule has 2 atom stereocenters. The van der Waals surface area contributed by atoms with Gasteiger partial charge in [0.2, 0.25) is 5.88 Å². The number of ketones is 1. The molecule has 0 bridgehead atoms. The van der Waals surface area contributed by atoms with Gasteiger partial charge in [-0.05, 0) is 79.6 Å². The molecule has 0 radical (unpaired) electrons.